The normalized spacial score (nSPS) is 28.8. The highest BCUT2D eigenvalue weighted by atomic mass is 16.7. The molecule has 5 heteroatoms. The molecule has 0 amide bonds. The van der Waals surface area contributed by atoms with E-state index in [1.54, 1.807) is 0 Å². The van der Waals surface area contributed by atoms with Crippen LogP contribution in [0, 0.1) is 17.8 Å². The largest absolute Gasteiger partial charge is 0.516 e. The van der Waals surface area contributed by atoms with Gasteiger partial charge in [0.1, 0.15) is 12.2 Å². The van der Waals surface area contributed by atoms with E-state index in [0.29, 0.717) is 17.8 Å². The van der Waals surface area contributed by atoms with Gasteiger partial charge in [0.25, 0.3) is 0 Å². The molecule has 110 valence electrons. The van der Waals surface area contributed by atoms with Crippen LogP contribution in [0.4, 0.5) is 4.79 Å². The lowest BCUT2D eigenvalue weighted by Crippen LogP contribution is -2.37. The molecule has 0 aliphatic heterocycles. The van der Waals surface area contributed by atoms with Crippen LogP contribution in [0.2, 0.25) is 0 Å². The van der Waals surface area contributed by atoms with Crippen LogP contribution in [0.25, 0.3) is 0 Å². The second kappa shape index (κ2) is 6.89. The Morgan fingerprint density at radius 1 is 1.21 bits per heavy atom. The van der Waals surface area contributed by atoms with Crippen LogP contribution in [-0.4, -0.2) is 29.4 Å². The number of carbonyl (C=O) groups is 2. The topological polar surface area (TPSA) is 72.8 Å². The first kappa shape index (κ1) is 16.0. The van der Waals surface area contributed by atoms with Gasteiger partial charge in [0.15, 0.2) is 0 Å². The van der Waals surface area contributed by atoms with Gasteiger partial charge in [-0.25, -0.2) is 9.59 Å². The molecule has 0 aromatic carbocycles. The van der Waals surface area contributed by atoms with Crippen molar-refractivity contribution in [1.29, 1.82) is 0 Å². The third kappa shape index (κ3) is 4.82. The van der Waals surface area contributed by atoms with E-state index in [2.05, 4.69) is 25.5 Å². The first-order valence-electron chi connectivity index (χ1n) is 6.91. The van der Waals surface area contributed by atoms with Crippen molar-refractivity contribution in [3.8, 4) is 0 Å². The molecule has 1 rings (SSSR count). The van der Waals surface area contributed by atoms with Gasteiger partial charge in [-0.1, -0.05) is 27.2 Å². The van der Waals surface area contributed by atoms with Gasteiger partial charge in [0, 0.05) is 0 Å². The molecule has 0 aromatic rings. The SMILES string of the molecule is CC1CCC(C(C)C)C(OC(=O)OC(=O)C(C)O)C1. The molecule has 19 heavy (non-hydrogen) atoms. The molecule has 0 heterocycles. The van der Waals surface area contributed by atoms with Crippen LogP contribution in [0.1, 0.15) is 47.0 Å². The Balaban J connectivity index is 2.56. The zero-order chi connectivity index (χ0) is 14.6. The van der Waals surface area contributed by atoms with Crippen LogP contribution in [0.15, 0.2) is 0 Å². The summed E-state index contributed by atoms with van der Waals surface area (Å²) in [6.45, 7) is 7.57. The Labute approximate surface area is 114 Å². The summed E-state index contributed by atoms with van der Waals surface area (Å²) in [5.74, 6) is 0.235. The average Bonchev–Trinajstić information content (AvgIpc) is 2.27. The fourth-order valence-corrected chi connectivity index (χ4v) is 2.57. The Morgan fingerprint density at radius 2 is 1.84 bits per heavy atom. The molecule has 1 N–H and O–H groups in total. The van der Waals surface area contributed by atoms with E-state index in [1.807, 2.05) is 0 Å². The lowest BCUT2D eigenvalue weighted by molar-refractivity contribution is -0.150. The minimum Gasteiger partial charge on any atom is -0.430 e. The molecule has 4 unspecified atom stereocenters. The summed E-state index contributed by atoms with van der Waals surface area (Å²) in [5.41, 5.74) is 0. The second-order valence-electron chi connectivity index (χ2n) is 5.83. The molecule has 1 fully saturated rings. The van der Waals surface area contributed by atoms with Crippen LogP contribution in [-0.2, 0) is 14.3 Å². The van der Waals surface area contributed by atoms with E-state index in [9.17, 15) is 9.59 Å². The molecule has 0 aromatic heterocycles. The van der Waals surface area contributed by atoms with Crippen LogP contribution >= 0.6 is 0 Å². The van der Waals surface area contributed by atoms with Gasteiger partial charge in [-0.05, 0) is 37.5 Å². The van der Waals surface area contributed by atoms with E-state index in [1.165, 1.54) is 6.92 Å². The summed E-state index contributed by atoms with van der Waals surface area (Å²) in [6.07, 6.45) is 0.402. The Bertz CT molecular complexity index is 324. The van der Waals surface area contributed by atoms with Crippen molar-refractivity contribution in [1.82, 2.24) is 0 Å². The van der Waals surface area contributed by atoms with Crippen molar-refractivity contribution < 1.29 is 24.2 Å². The lowest BCUT2D eigenvalue weighted by Gasteiger charge is -2.36. The zero-order valence-electron chi connectivity index (χ0n) is 12.1. The average molecular weight is 272 g/mol. The summed E-state index contributed by atoms with van der Waals surface area (Å²) in [4.78, 5) is 22.6. The van der Waals surface area contributed by atoms with Gasteiger partial charge in [-0.15, -0.1) is 0 Å². The van der Waals surface area contributed by atoms with Crippen molar-refractivity contribution in [3.05, 3.63) is 0 Å². The summed E-state index contributed by atoms with van der Waals surface area (Å²) >= 11 is 0. The number of rotatable bonds is 3. The molecule has 1 aliphatic rings. The third-order valence-electron chi connectivity index (χ3n) is 3.73. The van der Waals surface area contributed by atoms with Gasteiger partial charge in [-0.3, -0.25) is 0 Å². The van der Waals surface area contributed by atoms with Gasteiger partial charge in [-0.2, -0.15) is 0 Å². The van der Waals surface area contributed by atoms with E-state index in [4.69, 9.17) is 9.84 Å². The first-order chi connectivity index (χ1) is 8.81. The molecule has 0 radical (unpaired) electrons. The standard InChI is InChI=1S/C14H24O5/c1-8(2)11-6-5-9(3)7-12(11)18-14(17)19-13(16)10(4)15/h8-12,15H,5-7H2,1-4H3. The van der Waals surface area contributed by atoms with E-state index in [-0.39, 0.29) is 6.10 Å². The maximum atomic E-state index is 11.5. The molecule has 4 atom stereocenters. The Hall–Kier alpha value is -1.10. The van der Waals surface area contributed by atoms with Crippen LogP contribution in [0.3, 0.4) is 0 Å². The van der Waals surface area contributed by atoms with E-state index in [0.717, 1.165) is 19.3 Å². The lowest BCUT2D eigenvalue weighted by atomic mass is 9.75. The van der Waals surface area contributed by atoms with Gasteiger partial charge >= 0.3 is 12.1 Å². The van der Waals surface area contributed by atoms with Crippen LogP contribution in [0.5, 0.6) is 0 Å². The zero-order valence-corrected chi connectivity index (χ0v) is 12.1. The summed E-state index contributed by atoms with van der Waals surface area (Å²) in [5, 5.41) is 8.98. The Morgan fingerprint density at radius 3 is 2.37 bits per heavy atom. The van der Waals surface area contributed by atoms with Crippen molar-refractivity contribution in [2.45, 2.75) is 59.2 Å². The number of hydrogen-bond acceptors (Lipinski definition) is 5. The predicted molar refractivity (Wildman–Crippen MR) is 69.4 cm³/mol. The molecule has 1 saturated carbocycles. The molecule has 0 bridgehead atoms. The number of hydrogen-bond donors (Lipinski definition) is 1. The third-order valence-corrected chi connectivity index (χ3v) is 3.73. The van der Waals surface area contributed by atoms with Crippen molar-refractivity contribution >= 4 is 12.1 Å². The maximum Gasteiger partial charge on any atom is 0.516 e. The highest BCUT2D eigenvalue weighted by Gasteiger charge is 2.34. The van der Waals surface area contributed by atoms with Crippen LogP contribution < -0.4 is 0 Å². The first-order valence-corrected chi connectivity index (χ1v) is 6.91. The fraction of sp³-hybridized carbons (Fsp3) is 0.857. The van der Waals surface area contributed by atoms with E-state index >= 15 is 0 Å². The minimum absolute atomic E-state index is 0.210. The number of ether oxygens (including phenoxy) is 2. The van der Waals surface area contributed by atoms with Gasteiger partial charge < -0.3 is 14.6 Å². The predicted octanol–water partition coefficient (Wildman–Crippen LogP) is 2.51. The van der Waals surface area contributed by atoms with Crippen molar-refractivity contribution in [2.75, 3.05) is 0 Å². The number of aliphatic hydroxyl groups excluding tert-OH is 1. The Kier molecular flexibility index (Phi) is 5.79. The number of carbonyl (C=O) groups excluding carboxylic acids is 2. The maximum absolute atomic E-state index is 11.5. The molecule has 1 aliphatic carbocycles. The molecule has 5 nitrogen and oxygen atoms in total. The highest BCUT2D eigenvalue weighted by Crippen LogP contribution is 2.35. The second-order valence-corrected chi connectivity index (χ2v) is 5.83. The number of aliphatic hydroxyl groups is 1. The van der Waals surface area contributed by atoms with Crippen molar-refractivity contribution in [2.24, 2.45) is 17.8 Å². The summed E-state index contributed by atoms with van der Waals surface area (Å²) in [6, 6.07) is 0. The van der Waals surface area contributed by atoms with Gasteiger partial charge in [0.05, 0.1) is 0 Å². The van der Waals surface area contributed by atoms with E-state index < -0.39 is 18.2 Å². The number of esters is 1. The smallest absolute Gasteiger partial charge is 0.430 e. The van der Waals surface area contributed by atoms with Gasteiger partial charge in [0.2, 0.25) is 0 Å². The summed E-state index contributed by atoms with van der Waals surface area (Å²) in [7, 11) is 0. The minimum atomic E-state index is -1.32. The molecule has 0 saturated heterocycles. The molecular formula is C14H24O5. The molecule has 0 spiro atoms. The monoisotopic (exact) mass is 272 g/mol. The summed E-state index contributed by atoms with van der Waals surface area (Å²) < 4.78 is 9.69. The quantitative estimate of drug-likeness (QED) is 0.631. The highest BCUT2D eigenvalue weighted by molar-refractivity contribution is 5.84. The molecular weight excluding hydrogens is 248 g/mol. The fourth-order valence-electron chi connectivity index (χ4n) is 2.57. The van der Waals surface area contributed by atoms with Crippen molar-refractivity contribution in [3.63, 3.8) is 0 Å².